The lowest BCUT2D eigenvalue weighted by Crippen LogP contribution is -2.18. The molecule has 0 unspecified atom stereocenters. The summed E-state index contributed by atoms with van der Waals surface area (Å²) in [5.74, 6) is 1.72. The lowest BCUT2D eigenvalue weighted by atomic mass is 9.83. The number of ether oxygens (including phenoxy) is 1. The quantitative estimate of drug-likeness (QED) is 0.776. The van der Waals surface area contributed by atoms with Crippen LogP contribution in [0.4, 0.5) is 5.69 Å². The van der Waals surface area contributed by atoms with Crippen LogP contribution in [-0.2, 0) is 0 Å². The zero-order valence-corrected chi connectivity index (χ0v) is 11.6. The molecule has 1 aromatic rings. The van der Waals surface area contributed by atoms with Gasteiger partial charge >= 0.3 is 0 Å². The first kappa shape index (κ1) is 13.1. The predicted octanol–water partition coefficient (Wildman–Crippen LogP) is 2.93. The Morgan fingerprint density at radius 1 is 1.50 bits per heavy atom. The summed E-state index contributed by atoms with van der Waals surface area (Å²) in [7, 11) is 1.66. The summed E-state index contributed by atoms with van der Waals surface area (Å²) < 4.78 is 5.23. The molecule has 0 bridgehead atoms. The van der Waals surface area contributed by atoms with Crippen LogP contribution in [0.2, 0.25) is 0 Å². The van der Waals surface area contributed by atoms with Crippen molar-refractivity contribution in [1.82, 2.24) is 0 Å². The highest BCUT2D eigenvalue weighted by Gasteiger charge is 2.16. The highest BCUT2D eigenvalue weighted by atomic mass is 32.1. The molecule has 0 spiro atoms. The number of nitrogens with one attached hydrogen (secondary N) is 1. The molecule has 1 aliphatic rings. The van der Waals surface area contributed by atoms with Crippen molar-refractivity contribution in [3.63, 3.8) is 0 Å². The van der Waals surface area contributed by atoms with Gasteiger partial charge in [0.2, 0.25) is 0 Å². The van der Waals surface area contributed by atoms with Gasteiger partial charge in [0, 0.05) is 23.9 Å². The minimum absolute atomic E-state index is 0.420. The lowest BCUT2D eigenvalue weighted by Gasteiger charge is -2.25. The van der Waals surface area contributed by atoms with Gasteiger partial charge in [0.15, 0.2) is 0 Å². The van der Waals surface area contributed by atoms with E-state index in [1.54, 1.807) is 7.11 Å². The van der Waals surface area contributed by atoms with Crippen molar-refractivity contribution >= 4 is 22.9 Å². The van der Waals surface area contributed by atoms with Crippen molar-refractivity contribution in [2.75, 3.05) is 19.0 Å². The Hall–Kier alpha value is -1.29. The maximum Gasteiger partial charge on any atom is 0.120 e. The number of nitrogens with two attached hydrogens (primary N) is 1. The zero-order chi connectivity index (χ0) is 13.0. The fourth-order valence-electron chi connectivity index (χ4n) is 2.20. The van der Waals surface area contributed by atoms with Crippen molar-refractivity contribution in [1.29, 1.82) is 0 Å². The van der Waals surface area contributed by atoms with E-state index in [1.807, 2.05) is 18.2 Å². The van der Waals surface area contributed by atoms with Crippen molar-refractivity contribution in [3.8, 4) is 5.75 Å². The normalized spacial score (nSPS) is 14.9. The summed E-state index contributed by atoms with van der Waals surface area (Å²) in [6, 6.07) is 5.74. The Balaban J connectivity index is 2.00. The smallest absolute Gasteiger partial charge is 0.120 e. The van der Waals surface area contributed by atoms with Crippen LogP contribution in [0.25, 0.3) is 0 Å². The molecule has 1 fully saturated rings. The number of thiocarbonyl (C=S) groups is 1. The second-order valence-electron chi connectivity index (χ2n) is 4.79. The van der Waals surface area contributed by atoms with Gasteiger partial charge in [-0.1, -0.05) is 31.5 Å². The number of hydrogen-bond donors (Lipinski definition) is 2. The SMILES string of the molecule is COc1ccc(C(N)=S)c(NCCC2CCC2)c1. The van der Waals surface area contributed by atoms with Crippen LogP contribution in [0, 0.1) is 5.92 Å². The van der Waals surface area contributed by atoms with E-state index in [0.29, 0.717) is 4.99 Å². The van der Waals surface area contributed by atoms with Crippen LogP contribution in [0.5, 0.6) is 5.75 Å². The summed E-state index contributed by atoms with van der Waals surface area (Å²) >= 11 is 5.06. The van der Waals surface area contributed by atoms with Gasteiger partial charge in [-0.15, -0.1) is 0 Å². The molecule has 18 heavy (non-hydrogen) atoms. The van der Waals surface area contributed by atoms with Gasteiger partial charge < -0.3 is 15.8 Å². The molecule has 0 amide bonds. The van der Waals surface area contributed by atoms with Gasteiger partial charge in [0.25, 0.3) is 0 Å². The maximum absolute atomic E-state index is 5.73. The lowest BCUT2D eigenvalue weighted by molar-refractivity contribution is 0.303. The van der Waals surface area contributed by atoms with Crippen molar-refractivity contribution in [2.24, 2.45) is 11.7 Å². The van der Waals surface area contributed by atoms with E-state index >= 15 is 0 Å². The molecule has 0 atom stereocenters. The molecule has 1 saturated carbocycles. The third kappa shape index (κ3) is 3.13. The molecule has 3 N–H and O–H groups in total. The maximum atomic E-state index is 5.73. The number of rotatable bonds is 6. The molecule has 0 heterocycles. The molecule has 0 aromatic heterocycles. The summed E-state index contributed by atoms with van der Waals surface area (Å²) in [5.41, 5.74) is 7.59. The topological polar surface area (TPSA) is 47.3 Å². The van der Waals surface area contributed by atoms with Crippen LogP contribution in [0.15, 0.2) is 18.2 Å². The average Bonchev–Trinajstić information content (AvgIpc) is 2.31. The Bertz CT molecular complexity index is 430. The number of methoxy groups -OCH3 is 1. The van der Waals surface area contributed by atoms with Crippen LogP contribution >= 0.6 is 12.2 Å². The van der Waals surface area contributed by atoms with E-state index in [4.69, 9.17) is 22.7 Å². The third-order valence-corrected chi connectivity index (χ3v) is 3.80. The van der Waals surface area contributed by atoms with Crippen molar-refractivity contribution in [2.45, 2.75) is 25.7 Å². The third-order valence-electron chi connectivity index (χ3n) is 3.58. The van der Waals surface area contributed by atoms with E-state index in [2.05, 4.69) is 5.32 Å². The second-order valence-corrected chi connectivity index (χ2v) is 5.23. The standard InChI is InChI=1S/C14H20N2OS/c1-17-11-5-6-12(14(15)18)13(9-11)16-8-7-10-3-2-4-10/h5-6,9-10,16H,2-4,7-8H2,1H3,(H2,15,18). The Morgan fingerprint density at radius 3 is 2.83 bits per heavy atom. The molecule has 0 radical (unpaired) electrons. The van der Waals surface area contributed by atoms with Gasteiger partial charge in [-0.25, -0.2) is 0 Å². The van der Waals surface area contributed by atoms with Gasteiger partial charge in [-0.3, -0.25) is 0 Å². The van der Waals surface area contributed by atoms with E-state index in [-0.39, 0.29) is 0 Å². The molecular weight excluding hydrogens is 244 g/mol. The van der Waals surface area contributed by atoms with Crippen LogP contribution < -0.4 is 15.8 Å². The average molecular weight is 264 g/mol. The van der Waals surface area contributed by atoms with E-state index in [1.165, 1.54) is 25.7 Å². The van der Waals surface area contributed by atoms with E-state index in [9.17, 15) is 0 Å². The van der Waals surface area contributed by atoms with Crippen molar-refractivity contribution < 1.29 is 4.74 Å². The van der Waals surface area contributed by atoms with Crippen LogP contribution in [0.1, 0.15) is 31.2 Å². The van der Waals surface area contributed by atoms with Gasteiger partial charge in [0.1, 0.15) is 10.7 Å². The van der Waals surface area contributed by atoms with E-state index < -0.39 is 0 Å². The van der Waals surface area contributed by atoms with Gasteiger partial charge in [-0.2, -0.15) is 0 Å². The zero-order valence-electron chi connectivity index (χ0n) is 10.7. The molecule has 1 aromatic carbocycles. The van der Waals surface area contributed by atoms with Gasteiger partial charge in [0.05, 0.1) is 7.11 Å². The molecule has 2 rings (SSSR count). The summed E-state index contributed by atoms with van der Waals surface area (Å²) in [6.45, 7) is 0.966. The molecule has 98 valence electrons. The summed E-state index contributed by atoms with van der Waals surface area (Å²) in [6.07, 6.45) is 5.36. The molecule has 0 saturated heterocycles. The molecule has 4 heteroatoms. The monoisotopic (exact) mass is 264 g/mol. The first-order chi connectivity index (χ1) is 8.70. The Labute approximate surface area is 114 Å². The van der Waals surface area contributed by atoms with Crippen LogP contribution in [0.3, 0.4) is 0 Å². The summed E-state index contributed by atoms with van der Waals surface area (Å²) in [4.78, 5) is 0.420. The molecule has 1 aliphatic carbocycles. The number of hydrogen-bond acceptors (Lipinski definition) is 3. The van der Waals surface area contributed by atoms with Crippen LogP contribution in [-0.4, -0.2) is 18.6 Å². The Morgan fingerprint density at radius 2 is 2.28 bits per heavy atom. The fourth-order valence-corrected chi connectivity index (χ4v) is 2.38. The molecule has 3 nitrogen and oxygen atoms in total. The Kier molecular flexibility index (Phi) is 4.42. The highest BCUT2D eigenvalue weighted by molar-refractivity contribution is 7.80. The fraction of sp³-hybridized carbons (Fsp3) is 0.500. The first-order valence-corrected chi connectivity index (χ1v) is 6.83. The number of anilines is 1. The largest absolute Gasteiger partial charge is 0.497 e. The highest BCUT2D eigenvalue weighted by Crippen LogP contribution is 2.29. The molecule has 0 aliphatic heterocycles. The number of benzene rings is 1. The molecular formula is C14H20N2OS. The summed E-state index contributed by atoms with van der Waals surface area (Å²) in [5, 5.41) is 3.42. The second kappa shape index (κ2) is 6.05. The van der Waals surface area contributed by atoms with Crippen molar-refractivity contribution in [3.05, 3.63) is 23.8 Å². The minimum Gasteiger partial charge on any atom is -0.497 e. The minimum atomic E-state index is 0.420. The predicted molar refractivity (Wildman–Crippen MR) is 79.3 cm³/mol. The van der Waals surface area contributed by atoms with Gasteiger partial charge in [-0.05, 0) is 24.5 Å². The van der Waals surface area contributed by atoms with E-state index in [0.717, 1.165) is 29.5 Å². The first-order valence-electron chi connectivity index (χ1n) is 6.42.